The highest BCUT2D eigenvalue weighted by molar-refractivity contribution is 5.78. The number of hydrogen-bond donors (Lipinski definition) is 0. The zero-order chi connectivity index (χ0) is 17.6. The van der Waals surface area contributed by atoms with Crippen LogP contribution in [-0.2, 0) is 22.6 Å². The quantitative estimate of drug-likeness (QED) is 0.723. The lowest BCUT2D eigenvalue weighted by Crippen LogP contribution is -2.31. The van der Waals surface area contributed by atoms with E-state index < -0.39 is 0 Å². The van der Waals surface area contributed by atoms with Crippen molar-refractivity contribution in [2.45, 2.75) is 39.2 Å². The van der Waals surface area contributed by atoms with Crippen molar-refractivity contribution in [1.82, 2.24) is 15.0 Å². The van der Waals surface area contributed by atoms with Crippen LogP contribution in [0.4, 0.5) is 0 Å². The van der Waals surface area contributed by atoms with Gasteiger partial charge in [0.15, 0.2) is 5.82 Å². The highest BCUT2D eigenvalue weighted by atomic mass is 16.5. The third kappa shape index (κ3) is 4.66. The lowest BCUT2D eigenvalue weighted by Gasteiger charge is -2.17. The lowest BCUT2D eigenvalue weighted by atomic mass is 10.1. The maximum absolute atomic E-state index is 12.1. The lowest BCUT2D eigenvalue weighted by molar-refractivity contribution is -0.133. The van der Waals surface area contributed by atoms with E-state index in [-0.39, 0.29) is 17.7 Å². The molecule has 1 aliphatic heterocycles. The van der Waals surface area contributed by atoms with E-state index in [9.17, 15) is 4.79 Å². The number of nitrogens with zero attached hydrogens (tertiary/aromatic N) is 3. The summed E-state index contributed by atoms with van der Waals surface area (Å²) in [6, 6.07) is 10.1. The molecule has 1 atom stereocenters. The number of carbonyl (C=O) groups excluding carboxylic acids is 1. The van der Waals surface area contributed by atoms with Gasteiger partial charge in [-0.05, 0) is 12.0 Å². The molecular formula is C19H25N3O3. The summed E-state index contributed by atoms with van der Waals surface area (Å²) in [7, 11) is 0. The third-order valence-electron chi connectivity index (χ3n) is 4.41. The van der Waals surface area contributed by atoms with Crippen LogP contribution in [0.2, 0.25) is 0 Å². The van der Waals surface area contributed by atoms with Crippen LogP contribution < -0.4 is 0 Å². The fraction of sp³-hybridized carbons (Fsp3) is 0.526. The molecule has 2 aromatic rings. The second kappa shape index (κ2) is 8.25. The minimum atomic E-state index is 0.0266. The summed E-state index contributed by atoms with van der Waals surface area (Å²) in [4.78, 5) is 18.4. The van der Waals surface area contributed by atoms with E-state index in [0.29, 0.717) is 37.9 Å². The van der Waals surface area contributed by atoms with Gasteiger partial charge in [0.2, 0.25) is 11.8 Å². The van der Waals surface area contributed by atoms with Gasteiger partial charge in [-0.1, -0.05) is 49.3 Å². The SMILES string of the molecule is CC(C)C(=O)N1CCC(c2nc(CCOCc3ccccc3)no2)C1. The molecule has 0 saturated carbocycles. The Hall–Kier alpha value is -2.21. The van der Waals surface area contributed by atoms with Crippen LogP contribution >= 0.6 is 0 Å². The molecule has 6 nitrogen and oxygen atoms in total. The largest absolute Gasteiger partial charge is 0.376 e. The van der Waals surface area contributed by atoms with E-state index in [1.54, 1.807) is 0 Å². The van der Waals surface area contributed by atoms with E-state index in [1.807, 2.05) is 49.1 Å². The molecule has 0 spiro atoms. The molecule has 25 heavy (non-hydrogen) atoms. The first-order valence-corrected chi connectivity index (χ1v) is 8.86. The van der Waals surface area contributed by atoms with Crippen LogP contribution in [0.5, 0.6) is 0 Å². The average Bonchev–Trinajstić information content (AvgIpc) is 3.28. The number of amides is 1. The summed E-state index contributed by atoms with van der Waals surface area (Å²) in [5.74, 6) is 1.67. The number of rotatable bonds is 7. The van der Waals surface area contributed by atoms with Crippen LogP contribution in [-0.4, -0.2) is 40.6 Å². The van der Waals surface area contributed by atoms with Crippen molar-refractivity contribution in [2.24, 2.45) is 5.92 Å². The molecule has 1 fully saturated rings. The molecule has 1 saturated heterocycles. The van der Waals surface area contributed by atoms with E-state index in [1.165, 1.54) is 0 Å². The molecular weight excluding hydrogens is 318 g/mol. The van der Waals surface area contributed by atoms with Gasteiger partial charge in [-0.15, -0.1) is 0 Å². The minimum absolute atomic E-state index is 0.0266. The maximum Gasteiger partial charge on any atom is 0.231 e. The summed E-state index contributed by atoms with van der Waals surface area (Å²) in [6.07, 6.45) is 1.50. The summed E-state index contributed by atoms with van der Waals surface area (Å²) < 4.78 is 11.1. The molecule has 134 valence electrons. The zero-order valence-electron chi connectivity index (χ0n) is 14.9. The Morgan fingerprint density at radius 3 is 2.92 bits per heavy atom. The Morgan fingerprint density at radius 2 is 2.16 bits per heavy atom. The Morgan fingerprint density at radius 1 is 1.36 bits per heavy atom. The van der Waals surface area contributed by atoms with Crippen molar-refractivity contribution in [1.29, 1.82) is 0 Å². The van der Waals surface area contributed by atoms with Crippen LogP contribution in [0, 0.1) is 5.92 Å². The summed E-state index contributed by atoms with van der Waals surface area (Å²) in [5.41, 5.74) is 1.15. The standard InChI is InChI=1S/C19H25N3O3/c1-14(2)19(23)22-10-8-16(12-22)18-20-17(21-25-18)9-11-24-13-15-6-4-3-5-7-15/h3-7,14,16H,8-13H2,1-2H3. The first-order valence-electron chi connectivity index (χ1n) is 8.86. The predicted octanol–water partition coefficient (Wildman–Crippen LogP) is 2.80. The fourth-order valence-corrected chi connectivity index (χ4v) is 2.99. The molecule has 1 unspecified atom stereocenters. The van der Waals surface area contributed by atoms with E-state index in [2.05, 4.69) is 10.1 Å². The average molecular weight is 343 g/mol. The van der Waals surface area contributed by atoms with Crippen molar-refractivity contribution in [3.05, 3.63) is 47.6 Å². The van der Waals surface area contributed by atoms with Crippen LogP contribution in [0.1, 0.15) is 43.5 Å². The van der Waals surface area contributed by atoms with Crippen molar-refractivity contribution in [3.8, 4) is 0 Å². The second-order valence-corrected chi connectivity index (χ2v) is 6.76. The van der Waals surface area contributed by atoms with E-state index >= 15 is 0 Å². The molecule has 2 heterocycles. The molecule has 0 aliphatic carbocycles. The fourth-order valence-electron chi connectivity index (χ4n) is 2.99. The number of aromatic nitrogens is 2. The molecule has 0 radical (unpaired) electrons. The number of hydrogen-bond acceptors (Lipinski definition) is 5. The molecule has 0 bridgehead atoms. The van der Waals surface area contributed by atoms with Gasteiger partial charge < -0.3 is 14.2 Å². The molecule has 0 N–H and O–H groups in total. The number of carbonyl (C=O) groups is 1. The van der Waals surface area contributed by atoms with Crippen molar-refractivity contribution in [2.75, 3.05) is 19.7 Å². The van der Waals surface area contributed by atoms with E-state index in [0.717, 1.165) is 18.5 Å². The maximum atomic E-state index is 12.1. The van der Waals surface area contributed by atoms with Gasteiger partial charge in [0, 0.05) is 25.4 Å². The topological polar surface area (TPSA) is 68.5 Å². The van der Waals surface area contributed by atoms with E-state index in [4.69, 9.17) is 9.26 Å². The van der Waals surface area contributed by atoms with Gasteiger partial charge in [0.1, 0.15) is 0 Å². The molecule has 6 heteroatoms. The molecule has 1 aromatic carbocycles. The van der Waals surface area contributed by atoms with Gasteiger partial charge in [-0.3, -0.25) is 4.79 Å². The Balaban J connectivity index is 1.44. The number of likely N-dealkylation sites (tertiary alicyclic amines) is 1. The van der Waals surface area contributed by atoms with Crippen molar-refractivity contribution >= 4 is 5.91 Å². The number of benzene rings is 1. The van der Waals surface area contributed by atoms with Gasteiger partial charge in [0.05, 0.1) is 19.1 Å². The predicted molar refractivity (Wildman–Crippen MR) is 92.9 cm³/mol. The second-order valence-electron chi connectivity index (χ2n) is 6.76. The highest BCUT2D eigenvalue weighted by Crippen LogP contribution is 2.26. The molecule has 3 rings (SSSR count). The molecule has 1 amide bonds. The number of ether oxygens (including phenoxy) is 1. The molecule has 1 aromatic heterocycles. The van der Waals surface area contributed by atoms with Crippen LogP contribution in [0.25, 0.3) is 0 Å². The van der Waals surface area contributed by atoms with Gasteiger partial charge >= 0.3 is 0 Å². The van der Waals surface area contributed by atoms with Gasteiger partial charge in [0.25, 0.3) is 0 Å². The van der Waals surface area contributed by atoms with Gasteiger partial charge in [-0.25, -0.2) is 0 Å². The summed E-state index contributed by atoms with van der Waals surface area (Å²) in [6.45, 7) is 6.42. The normalized spacial score (nSPS) is 17.4. The van der Waals surface area contributed by atoms with Crippen LogP contribution in [0.15, 0.2) is 34.9 Å². The minimum Gasteiger partial charge on any atom is -0.376 e. The monoisotopic (exact) mass is 343 g/mol. The van der Waals surface area contributed by atoms with Crippen molar-refractivity contribution in [3.63, 3.8) is 0 Å². The summed E-state index contributed by atoms with van der Waals surface area (Å²) >= 11 is 0. The molecule has 1 aliphatic rings. The smallest absolute Gasteiger partial charge is 0.231 e. The highest BCUT2D eigenvalue weighted by Gasteiger charge is 2.31. The third-order valence-corrected chi connectivity index (χ3v) is 4.41. The summed E-state index contributed by atoms with van der Waals surface area (Å²) in [5, 5.41) is 4.04. The first kappa shape index (κ1) is 17.6. The first-order chi connectivity index (χ1) is 12.1. The van der Waals surface area contributed by atoms with Crippen molar-refractivity contribution < 1.29 is 14.1 Å². The zero-order valence-corrected chi connectivity index (χ0v) is 14.9. The Kier molecular flexibility index (Phi) is 5.81. The van der Waals surface area contributed by atoms with Crippen LogP contribution in [0.3, 0.4) is 0 Å². The van der Waals surface area contributed by atoms with Gasteiger partial charge in [-0.2, -0.15) is 4.98 Å². The Bertz CT molecular complexity index is 684. The Labute approximate surface area is 148 Å².